The van der Waals surface area contributed by atoms with Crippen LogP contribution in [0.15, 0.2) is 45.7 Å². The maximum atomic E-state index is 12.9. The van der Waals surface area contributed by atoms with E-state index in [1.165, 1.54) is 0 Å². The van der Waals surface area contributed by atoms with Crippen LogP contribution in [0.5, 0.6) is 0 Å². The van der Waals surface area contributed by atoms with Crippen molar-refractivity contribution in [3.63, 3.8) is 0 Å². The Morgan fingerprint density at radius 1 is 1.37 bits per heavy atom. The minimum atomic E-state index is -0.135. The number of halogens is 1. The molecule has 1 aliphatic rings. The summed E-state index contributed by atoms with van der Waals surface area (Å²) in [6, 6.07) is 7.21. The van der Waals surface area contributed by atoms with Gasteiger partial charge in [-0.15, -0.1) is 0 Å². The number of aromatic nitrogens is 1. The Morgan fingerprint density at radius 2 is 2.19 bits per heavy atom. The third kappa shape index (κ3) is 4.77. The highest BCUT2D eigenvalue weighted by atomic mass is 79.9. The Kier molecular flexibility index (Phi) is 6.31. The van der Waals surface area contributed by atoms with Gasteiger partial charge in [0, 0.05) is 44.0 Å². The van der Waals surface area contributed by atoms with Crippen molar-refractivity contribution in [3.8, 4) is 0 Å². The van der Waals surface area contributed by atoms with Crippen molar-refractivity contribution in [1.29, 1.82) is 0 Å². The number of carbonyl (C=O) groups is 2. The molecule has 144 valence electrons. The first-order valence-electron chi connectivity index (χ1n) is 9.19. The van der Waals surface area contributed by atoms with Crippen molar-refractivity contribution < 1.29 is 14.0 Å². The molecular formula is C20H24BrN3O3. The number of pyridine rings is 1. The number of hydrogen-bond donors (Lipinski definition) is 0. The van der Waals surface area contributed by atoms with E-state index in [4.69, 9.17) is 4.42 Å². The zero-order valence-corrected chi connectivity index (χ0v) is 17.2. The molecule has 1 atom stereocenters. The molecule has 7 heteroatoms. The molecule has 1 fully saturated rings. The fourth-order valence-electron chi connectivity index (χ4n) is 3.39. The molecule has 2 aromatic rings. The Hall–Kier alpha value is -2.15. The summed E-state index contributed by atoms with van der Waals surface area (Å²) in [4.78, 5) is 33.5. The number of furan rings is 1. The van der Waals surface area contributed by atoms with Crippen molar-refractivity contribution >= 4 is 27.7 Å². The van der Waals surface area contributed by atoms with E-state index in [-0.39, 0.29) is 23.8 Å². The summed E-state index contributed by atoms with van der Waals surface area (Å²) < 4.78 is 5.95. The van der Waals surface area contributed by atoms with Gasteiger partial charge in [-0.05, 0) is 52.5 Å². The summed E-state index contributed by atoms with van der Waals surface area (Å²) in [7, 11) is 0. The molecule has 0 bridgehead atoms. The second kappa shape index (κ2) is 8.69. The molecule has 0 saturated carbocycles. The molecule has 2 amide bonds. The summed E-state index contributed by atoms with van der Waals surface area (Å²) in [5.41, 5.74) is 0.991. The molecule has 3 rings (SSSR count). The molecule has 0 radical (unpaired) electrons. The van der Waals surface area contributed by atoms with Crippen LogP contribution in [0.3, 0.4) is 0 Å². The van der Waals surface area contributed by atoms with Crippen molar-refractivity contribution in [1.82, 2.24) is 14.8 Å². The number of rotatable bonds is 5. The maximum Gasteiger partial charge on any atom is 0.289 e. The monoisotopic (exact) mass is 433 g/mol. The standard InChI is InChI=1S/C20H24BrN3O3/c1-14(2)19(25)24(12-15-5-3-9-22-11-15)16-6-4-10-23(13-16)20(26)17-7-8-18(21)27-17/h3,5,7-9,11,14,16H,4,6,10,12-13H2,1-2H3. The van der Waals surface area contributed by atoms with Gasteiger partial charge < -0.3 is 14.2 Å². The summed E-state index contributed by atoms with van der Waals surface area (Å²) in [6.07, 6.45) is 5.24. The highest BCUT2D eigenvalue weighted by Gasteiger charge is 2.32. The van der Waals surface area contributed by atoms with E-state index in [2.05, 4.69) is 20.9 Å². The lowest BCUT2D eigenvalue weighted by Gasteiger charge is -2.40. The fourth-order valence-corrected chi connectivity index (χ4v) is 3.69. The Bertz CT molecular complexity index is 791. The van der Waals surface area contributed by atoms with Gasteiger partial charge in [-0.3, -0.25) is 14.6 Å². The molecule has 1 aliphatic heterocycles. The molecule has 0 N–H and O–H groups in total. The van der Waals surface area contributed by atoms with E-state index in [1.54, 1.807) is 29.4 Å². The maximum absolute atomic E-state index is 12.9. The number of carbonyl (C=O) groups excluding carboxylic acids is 2. The van der Waals surface area contributed by atoms with Crippen molar-refractivity contribution in [2.75, 3.05) is 13.1 Å². The average molecular weight is 434 g/mol. The van der Waals surface area contributed by atoms with Gasteiger partial charge in [0.05, 0.1) is 0 Å². The molecule has 6 nitrogen and oxygen atoms in total. The third-order valence-corrected chi connectivity index (χ3v) is 5.19. The number of nitrogens with zero attached hydrogens (tertiary/aromatic N) is 3. The lowest BCUT2D eigenvalue weighted by Crippen LogP contribution is -2.52. The van der Waals surface area contributed by atoms with E-state index < -0.39 is 0 Å². The quantitative estimate of drug-likeness (QED) is 0.720. The van der Waals surface area contributed by atoms with E-state index in [0.29, 0.717) is 30.1 Å². The van der Waals surface area contributed by atoms with Crippen LogP contribution in [-0.4, -0.2) is 45.7 Å². The van der Waals surface area contributed by atoms with Gasteiger partial charge in [0.2, 0.25) is 5.91 Å². The topological polar surface area (TPSA) is 66.7 Å². The van der Waals surface area contributed by atoms with Crippen LogP contribution in [0.2, 0.25) is 0 Å². The first-order valence-corrected chi connectivity index (χ1v) is 9.99. The second-order valence-corrected chi connectivity index (χ2v) is 7.91. The molecule has 3 heterocycles. The SMILES string of the molecule is CC(C)C(=O)N(Cc1cccnc1)C1CCCN(C(=O)c2ccc(Br)o2)C1. The van der Waals surface area contributed by atoms with Crippen LogP contribution in [0, 0.1) is 5.92 Å². The van der Waals surface area contributed by atoms with Gasteiger partial charge in [0.25, 0.3) is 5.91 Å². The van der Waals surface area contributed by atoms with Gasteiger partial charge >= 0.3 is 0 Å². The van der Waals surface area contributed by atoms with E-state index >= 15 is 0 Å². The third-order valence-electron chi connectivity index (χ3n) is 4.76. The van der Waals surface area contributed by atoms with Crippen molar-refractivity contribution in [2.45, 2.75) is 39.3 Å². The Morgan fingerprint density at radius 3 is 2.81 bits per heavy atom. The van der Waals surface area contributed by atoms with Crippen LogP contribution >= 0.6 is 15.9 Å². The van der Waals surface area contributed by atoms with Crippen LogP contribution in [0.1, 0.15) is 42.8 Å². The van der Waals surface area contributed by atoms with E-state index in [1.807, 2.05) is 30.9 Å². The number of hydrogen-bond acceptors (Lipinski definition) is 4. The smallest absolute Gasteiger partial charge is 0.289 e. The van der Waals surface area contributed by atoms with Crippen LogP contribution < -0.4 is 0 Å². The molecule has 0 aromatic carbocycles. The minimum absolute atomic E-state index is 0.0174. The van der Waals surface area contributed by atoms with Crippen LogP contribution in [0.25, 0.3) is 0 Å². The predicted molar refractivity (Wildman–Crippen MR) is 105 cm³/mol. The summed E-state index contributed by atoms with van der Waals surface area (Å²) in [5.74, 6) is 0.174. The van der Waals surface area contributed by atoms with Gasteiger partial charge in [0.15, 0.2) is 10.4 Å². The highest BCUT2D eigenvalue weighted by molar-refractivity contribution is 9.10. The van der Waals surface area contributed by atoms with Crippen molar-refractivity contribution in [2.24, 2.45) is 5.92 Å². The summed E-state index contributed by atoms with van der Waals surface area (Å²) in [6.45, 7) is 5.50. The molecule has 27 heavy (non-hydrogen) atoms. The predicted octanol–water partition coefficient (Wildman–Crippen LogP) is 3.73. The molecule has 2 aromatic heterocycles. The van der Waals surface area contributed by atoms with Gasteiger partial charge in [-0.25, -0.2) is 0 Å². The Balaban J connectivity index is 1.77. The zero-order chi connectivity index (χ0) is 19.4. The molecule has 1 unspecified atom stereocenters. The van der Waals surface area contributed by atoms with E-state index in [9.17, 15) is 9.59 Å². The van der Waals surface area contributed by atoms with Crippen molar-refractivity contribution in [3.05, 3.63) is 52.7 Å². The number of amides is 2. The first-order chi connectivity index (χ1) is 13.0. The highest BCUT2D eigenvalue weighted by Crippen LogP contribution is 2.23. The molecule has 0 aliphatic carbocycles. The van der Waals surface area contributed by atoms with Crippen LogP contribution in [0.4, 0.5) is 0 Å². The zero-order valence-electron chi connectivity index (χ0n) is 15.6. The normalized spacial score (nSPS) is 17.2. The minimum Gasteiger partial charge on any atom is -0.444 e. The fraction of sp³-hybridized carbons (Fsp3) is 0.450. The molecular weight excluding hydrogens is 410 g/mol. The van der Waals surface area contributed by atoms with Gasteiger partial charge in [0.1, 0.15) is 0 Å². The largest absolute Gasteiger partial charge is 0.444 e. The van der Waals surface area contributed by atoms with Gasteiger partial charge in [-0.1, -0.05) is 19.9 Å². The average Bonchev–Trinajstić information content (AvgIpc) is 3.12. The first kappa shape index (κ1) is 19.6. The second-order valence-electron chi connectivity index (χ2n) is 7.13. The van der Waals surface area contributed by atoms with E-state index in [0.717, 1.165) is 18.4 Å². The van der Waals surface area contributed by atoms with Gasteiger partial charge in [-0.2, -0.15) is 0 Å². The lowest BCUT2D eigenvalue weighted by atomic mass is 10.0. The number of piperidine rings is 1. The lowest BCUT2D eigenvalue weighted by molar-refractivity contribution is -0.138. The number of likely N-dealkylation sites (tertiary alicyclic amines) is 1. The molecule has 1 saturated heterocycles. The van der Waals surface area contributed by atoms with Crippen LogP contribution in [-0.2, 0) is 11.3 Å². The summed E-state index contributed by atoms with van der Waals surface area (Å²) in [5, 5.41) is 0. The summed E-state index contributed by atoms with van der Waals surface area (Å²) >= 11 is 3.24. The molecule has 0 spiro atoms. The Labute approximate surface area is 167 Å².